The average molecular weight is 343 g/mol. The van der Waals surface area contributed by atoms with E-state index in [2.05, 4.69) is 22.8 Å². The largest absolute Gasteiger partial charge is 0.467 e. The zero-order chi connectivity index (χ0) is 17.4. The van der Waals surface area contributed by atoms with Crippen LogP contribution in [0.5, 0.6) is 0 Å². The maximum absolute atomic E-state index is 12.4. The van der Waals surface area contributed by atoms with Crippen molar-refractivity contribution in [3.8, 4) is 0 Å². The van der Waals surface area contributed by atoms with Crippen LogP contribution >= 0.6 is 0 Å². The summed E-state index contributed by atoms with van der Waals surface area (Å²) in [4.78, 5) is 37.6. The van der Waals surface area contributed by atoms with E-state index < -0.39 is 12.1 Å². The molecule has 132 valence electrons. The molecule has 7 heteroatoms. The Morgan fingerprint density at radius 1 is 1.32 bits per heavy atom. The fraction of sp³-hybridized carbons (Fsp3) is 0.500. The van der Waals surface area contributed by atoms with Crippen molar-refractivity contribution in [1.29, 1.82) is 0 Å². The van der Waals surface area contributed by atoms with Gasteiger partial charge in [0.2, 0.25) is 5.91 Å². The molecule has 2 bridgehead atoms. The first-order valence-electron chi connectivity index (χ1n) is 8.69. The summed E-state index contributed by atoms with van der Waals surface area (Å²) in [6, 6.07) is 2.10. The smallest absolute Gasteiger partial charge is 0.325 e. The molecule has 0 aromatic carbocycles. The Morgan fingerprint density at radius 3 is 2.88 bits per heavy atom. The second-order valence-corrected chi connectivity index (χ2v) is 7.05. The predicted octanol–water partition coefficient (Wildman–Crippen LogP) is 1.42. The number of carbonyl (C=O) groups is 3. The maximum Gasteiger partial charge on any atom is 0.325 e. The van der Waals surface area contributed by atoms with Crippen molar-refractivity contribution in [3.05, 3.63) is 36.3 Å². The van der Waals surface area contributed by atoms with Crippen LogP contribution in [0.25, 0.3) is 0 Å². The predicted molar refractivity (Wildman–Crippen MR) is 88.0 cm³/mol. The van der Waals surface area contributed by atoms with E-state index in [1.807, 2.05) is 0 Å². The lowest BCUT2D eigenvalue weighted by Gasteiger charge is -2.19. The van der Waals surface area contributed by atoms with Gasteiger partial charge in [-0.1, -0.05) is 12.2 Å². The monoisotopic (exact) mass is 343 g/mol. The number of nitrogens with zero attached hydrogens (tertiary/aromatic N) is 1. The summed E-state index contributed by atoms with van der Waals surface area (Å²) in [6.45, 7) is 0.711. The average Bonchev–Trinajstić information content (AvgIpc) is 3.36. The number of furan rings is 1. The Kier molecular flexibility index (Phi) is 4.07. The fourth-order valence-corrected chi connectivity index (χ4v) is 4.06. The number of hydrogen-bond acceptors (Lipinski definition) is 4. The molecule has 3 unspecified atom stereocenters. The third-order valence-corrected chi connectivity index (χ3v) is 5.37. The Bertz CT molecular complexity index is 712. The second kappa shape index (κ2) is 6.38. The summed E-state index contributed by atoms with van der Waals surface area (Å²) in [7, 11) is 0. The van der Waals surface area contributed by atoms with Crippen LogP contribution in [-0.4, -0.2) is 35.3 Å². The van der Waals surface area contributed by atoms with Gasteiger partial charge in [-0.15, -0.1) is 0 Å². The van der Waals surface area contributed by atoms with E-state index in [1.54, 1.807) is 12.1 Å². The quantitative estimate of drug-likeness (QED) is 0.604. The molecule has 2 fully saturated rings. The van der Waals surface area contributed by atoms with Crippen molar-refractivity contribution in [2.45, 2.75) is 31.8 Å². The van der Waals surface area contributed by atoms with Gasteiger partial charge in [0.05, 0.1) is 19.2 Å². The van der Waals surface area contributed by atoms with Gasteiger partial charge in [-0.05, 0) is 42.7 Å². The van der Waals surface area contributed by atoms with Crippen molar-refractivity contribution in [2.75, 3.05) is 6.54 Å². The number of nitrogens with one attached hydrogen (secondary N) is 2. The van der Waals surface area contributed by atoms with Crippen LogP contribution in [-0.2, 0) is 16.1 Å². The van der Waals surface area contributed by atoms with Crippen LogP contribution < -0.4 is 10.6 Å². The highest BCUT2D eigenvalue weighted by atomic mass is 16.3. The first-order chi connectivity index (χ1) is 12.1. The second-order valence-electron chi connectivity index (χ2n) is 7.05. The highest BCUT2D eigenvalue weighted by molar-refractivity contribution is 6.05. The number of urea groups is 1. The normalized spacial score (nSPS) is 30.2. The molecule has 4 amide bonds. The Balaban J connectivity index is 1.27. The summed E-state index contributed by atoms with van der Waals surface area (Å²) in [5.41, 5.74) is 0. The summed E-state index contributed by atoms with van der Waals surface area (Å²) in [6.07, 6.45) is 8.29. The van der Waals surface area contributed by atoms with Gasteiger partial charge in [0.1, 0.15) is 11.8 Å². The number of amides is 4. The van der Waals surface area contributed by atoms with Crippen molar-refractivity contribution in [1.82, 2.24) is 15.5 Å². The van der Waals surface area contributed by atoms with Crippen LogP contribution in [0.1, 0.15) is 25.0 Å². The van der Waals surface area contributed by atoms with E-state index in [1.165, 1.54) is 12.7 Å². The highest BCUT2D eigenvalue weighted by Crippen LogP contribution is 2.42. The molecular weight excluding hydrogens is 322 g/mol. The summed E-state index contributed by atoms with van der Waals surface area (Å²) >= 11 is 0. The van der Waals surface area contributed by atoms with Gasteiger partial charge in [0.15, 0.2) is 0 Å². The molecular formula is C18H21N3O4. The van der Waals surface area contributed by atoms with Crippen LogP contribution in [0.15, 0.2) is 35.0 Å². The van der Waals surface area contributed by atoms with Gasteiger partial charge >= 0.3 is 6.03 Å². The first kappa shape index (κ1) is 15.9. The molecule has 3 aliphatic rings. The minimum Gasteiger partial charge on any atom is -0.467 e. The summed E-state index contributed by atoms with van der Waals surface area (Å²) in [5.74, 6) is 1.66. The Labute approximate surface area is 145 Å². The highest BCUT2D eigenvalue weighted by Gasteiger charge is 2.40. The molecule has 25 heavy (non-hydrogen) atoms. The number of hydrogen-bond donors (Lipinski definition) is 2. The topological polar surface area (TPSA) is 91.7 Å². The minimum absolute atomic E-state index is 0.0319. The molecule has 2 N–H and O–H groups in total. The molecule has 1 saturated heterocycles. The standard InChI is InChI=1S/C18H21N3O4/c22-16(19-9-13-7-11-3-4-12(13)6-11)8-15-17(23)21(18(24)20-15)10-14-2-1-5-25-14/h1-5,11-13,15H,6-10H2,(H,19,22)(H,20,24)/t11?,12?,13?,15-/m0/s1. The van der Waals surface area contributed by atoms with Gasteiger partial charge < -0.3 is 15.1 Å². The van der Waals surface area contributed by atoms with Gasteiger partial charge in [-0.2, -0.15) is 0 Å². The number of fused-ring (bicyclic) bond motifs is 2. The summed E-state index contributed by atoms with van der Waals surface area (Å²) in [5, 5.41) is 5.49. The molecule has 1 saturated carbocycles. The minimum atomic E-state index is -0.803. The van der Waals surface area contributed by atoms with E-state index in [9.17, 15) is 14.4 Å². The third-order valence-electron chi connectivity index (χ3n) is 5.37. The van der Waals surface area contributed by atoms with Crippen LogP contribution in [0.3, 0.4) is 0 Å². The molecule has 0 spiro atoms. The molecule has 0 radical (unpaired) electrons. The van der Waals surface area contributed by atoms with E-state index in [4.69, 9.17) is 4.42 Å². The third kappa shape index (κ3) is 3.18. The van der Waals surface area contributed by atoms with Crippen LogP contribution in [0.2, 0.25) is 0 Å². The van der Waals surface area contributed by atoms with Gasteiger partial charge in [0.25, 0.3) is 5.91 Å². The number of carbonyl (C=O) groups excluding carboxylic acids is 3. The molecule has 2 heterocycles. The SMILES string of the molecule is O=C(C[C@@H]1NC(=O)N(Cc2ccco2)C1=O)NCC1CC2C=CC1C2. The van der Waals surface area contributed by atoms with E-state index in [0.29, 0.717) is 30.1 Å². The van der Waals surface area contributed by atoms with E-state index in [0.717, 1.165) is 11.3 Å². The van der Waals surface area contributed by atoms with Gasteiger partial charge in [0, 0.05) is 6.54 Å². The number of rotatable bonds is 6. The molecule has 4 rings (SSSR count). The van der Waals surface area contributed by atoms with Gasteiger partial charge in [-0.25, -0.2) is 4.79 Å². The lowest BCUT2D eigenvalue weighted by Crippen LogP contribution is -2.38. The zero-order valence-electron chi connectivity index (χ0n) is 13.8. The van der Waals surface area contributed by atoms with Crippen molar-refractivity contribution >= 4 is 17.8 Å². The molecule has 7 nitrogen and oxygen atoms in total. The molecule has 2 aliphatic carbocycles. The van der Waals surface area contributed by atoms with Crippen LogP contribution in [0, 0.1) is 17.8 Å². The van der Waals surface area contributed by atoms with Crippen molar-refractivity contribution in [3.63, 3.8) is 0 Å². The fourth-order valence-electron chi connectivity index (χ4n) is 4.06. The van der Waals surface area contributed by atoms with Crippen molar-refractivity contribution < 1.29 is 18.8 Å². The van der Waals surface area contributed by atoms with Crippen molar-refractivity contribution in [2.24, 2.45) is 17.8 Å². The summed E-state index contributed by atoms with van der Waals surface area (Å²) < 4.78 is 5.17. The van der Waals surface area contributed by atoms with E-state index in [-0.39, 0.29) is 24.8 Å². The Morgan fingerprint density at radius 2 is 2.20 bits per heavy atom. The number of imide groups is 1. The lowest BCUT2D eigenvalue weighted by molar-refractivity contribution is -0.131. The van der Waals surface area contributed by atoms with Crippen LogP contribution in [0.4, 0.5) is 4.79 Å². The molecule has 1 aliphatic heterocycles. The first-order valence-corrected chi connectivity index (χ1v) is 8.69. The molecule has 1 aromatic heterocycles. The number of allylic oxidation sites excluding steroid dienone is 2. The van der Waals surface area contributed by atoms with E-state index >= 15 is 0 Å². The zero-order valence-corrected chi connectivity index (χ0v) is 13.8. The molecule has 1 aromatic rings. The molecule has 4 atom stereocenters. The Hall–Kier alpha value is -2.57. The lowest BCUT2D eigenvalue weighted by atomic mass is 9.93. The maximum atomic E-state index is 12.4. The van der Waals surface area contributed by atoms with Gasteiger partial charge in [-0.3, -0.25) is 14.5 Å².